The van der Waals surface area contributed by atoms with Crippen LogP contribution < -0.4 is 9.61 Å². The first kappa shape index (κ1) is 19.3. The van der Waals surface area contributed by atoms with Crippen LogP contribution in [0.5, 0.6) is 5.75 Å². The summed E-state index contributed by atoms with van der Waals surface area (Å²) in [5.74, 6) is 1.19. The average molecular weight is 359 g/mol. The van der Waals surface area contributed by atoms with Crippen molar-refractivity contribution in [1.82, 2.24) is 0 Å². The lowest BCUT2D eigenvalue weighted by atomic mass is 9.85. The zero-order valence-electron chi connectivity index (χ0n) is 17.0. The van der Waals surface area contributed by atoms with Gasteiger partial charge >= 0.3 is 0 Å². The fourth-order valence-electron chi connectivity index (χ4n) is 3.29. The van der Waals surface area contributed by atoms with Crippen LogP contribution in [0.4, 0.5) is 0 Å². The van der Waals surface area contributed by atoms with Gasteiger partial charge in [-0.05, 0) is 49.2 Å². The van der Waals surface area contributed by atoms with Crippen LogP contribution in [0, 0.1) is 6.92 Å². The average Bonchev–Trinajstić information content (AvgIpc) is 2.92. The molecular formula is C21H34OSi2. The molecule has 2 rings (SSSR count). The van der Waals surface area contributed by atoms with Crippen molar-refractivity contribution in [2.24, 2.45) is 0 Å². The Labute approximate surface area is 151 Å². The third-order valence-electron chi connectivity index (χ3n) is 4.70. The molecule has 0 atom stereocenters. The van der Waals surface area contributed by atoms with Gasteiger partial charge in [-0.2, -0.15) is 0 Å². The third-order valence-corrected chi connectivity index (χ3v) is 9.21. The van der Waals surface area contributed by atoms with Gasteiger partial charge < -0.3 is 4.43 Å². The van der Waals surface area contributed by atoms with Crippen LogP contribution in [0.3, 0.4) is 0 Å². The van der Waals surface area contributed by atoms with Crippen LogP contribution in [0.1, 0.15) is 38.3 Å². The molecule has 132 valence electrons. The lowest BCUT2D eigenvalue weighted by Gasteiger charge is -2.35. The molecule has 3 heteroatoms. The maximum absolute atomic E-state index is 6.72. The Balaban J connectivity index is 2.72. The molecule has 0 amide bonds. The molecule has 1 aliphatic rings. The maximum Gasteiger partial charge on any atom is 0.242 e. The maximum atomic E-state index is 6.72. The molecule has 1 aromatic rings. The molecular weight excluding hydrogens is 324 g/mol. The smallest absolute Gasteiger partial charge is 0.242 e. The molecule has 0 bridgehead atoms. The SMILES string of the molecule is Cc1cc(C(C)(C)C)c(O[Si](C)(C)C)c([Si](C)(C)C2=CC=CC2)c1. The minimum absolute atomic E-state index is 0.0859. The van der Waals surface area contributed by atoms with Gasteiger partial charge in [-0.3, -0.25) is 0 Å². The second-order valence-electron chi connectivity index (χ2n) is 9.60. The molecule has 0 radical (unpaired) electrons. The molecule has 24 heavy (non-hydrogen) atoms. The first-order valence-corrected chi connectivity index (χ1v) is 15.4. The molecule has 1 aliphatic carbocycles. The molecule has 1 nitrogen and oxygen atoms in total. The van der Waals surface area contributed by atoms with Gasteiger partial charge in [0, 0.05) is 0 Å². The summed E-state index contributed by atoms with van der Waals surface area (Å²) in [6.45, 7) is 20.9. The van der Waals surface area contributed by atoms with E-state index in [1.807, 2.05) is 0 Å². The molecule has 0 saturated carbocycles. The Hall–Kier alpha value is -1.07. The van der Waals surface area contributed by atoms with Crippen molar-refractivity contribution in [2.45, 2.75) is 72.3 Å². The van der Waals surface area contributed by atoms with Gasteiger partial charge in [0.25, 0.3) is 0 Å². The topological polar surface area (TPSA) is 9.23 Å². The second-order valence-corrected chi connectivity index (χ2v) is 18.5. The molecule has 0 fully saturated rings. The summed E-state index contributed by atoms with van der Waals surface area (Å²) in [5.41, 5.74) is 2.81. The van der Waals surface area contributed by atoms with E-state index in [2.05, 4.69) is 90.8 Å². The molecule has 0 N–H and O–H groups in total. The Bertz CT molecular complexity index is 683. The first-order chi connectivity index (χ1) is 10.8. The molecule has 0 spiro atoms. The van der Waals surface area contributed by atoms with Crippen LogP contribution >= 0.6 is 0 Å². The van der Waals surface area contributed by atoms with Gasteiger partial charge in [-0.25, -0.2) is 0 Å². The van der Waals surface area contributed by atoms with E-state index in [-0.39, 0.29) is 5.41 Å². The van der Waals surface area contributed by atoms with Gasteiger partial charge in [-0.15, -0.1) is 0 Å². The highest BCUT2D eigenvalue weighted by molar-refractivity contribution is 6.96. The Kier molecular flexibility index (Phi) is 5.09. The Morgan fingerprint density at radius 1 is 1.00 bits per heavy atom. The Morgan fingerprint density at radius 3 is 2.08 bits per heavy atom. The highest BCUT2D eigenvalue weighted by Gasteiger charge is 2.36. The van der Waals surface area contributed by atoms with E-state index < -0.39 is 16.4 Å². The van der Waals surface area contributed by atoms with Crippen LogP contribution in [0.15, 0.2) is 35.6 Å². The van der Waals surface area contributed by atoms with Crippen molar-refractivity contribution in [1.29, 1.82) is 0 Å². The highest BCUT2D eigenvalue weighted by atomic mass is 28.4. The molecule has 0 aliphatic heterocycles. The van der Waals surface area contributed by atoms with E-state index in [1.54, 1.807) is 5.20 Å². The van der Waals surface area contributed by atoms with Crippen molar-refractivity contribution in [3.63, 3.8) is 0 Å². The lowest BCUT2D eigenvalue weighted by Crippen LogP contribution is -2.47. The standard InChI is InChI=1S/C21H34OSi2/c1-16-14-18(21(2,3)4)20(22-23(5,6)7)19(15-16)24(8,9)17-12-10-11-13-17/h10-12,14-15H,13H2,1-9H3. The number of hydrogen-bond acceptors (Lipinski definition) is 1. The second kappa shape index (κ2) is 6.34. The minimum Gasteiger partial charge on any atom is -0.544 e. The molecule has 0 heterocycles. The normalized spacial score (nSPS) is 15.6. The summed E-state index contributed by atoms with van der Waals surface area (Å²) in [6.07, 6.45) is 7.93. The summed E-state index contributed by atoms with van der Waals surface area (Å²) in [5, 5.41) is 3.08. The van der Waals surface area contributed by atoms with Gasteiger partial charge in [0.15, 0.2) is 0 Å². The number of aryl methyl sites for hydroxylation is 1. The molecule has 0 aromatic heterocycles. The number of rotatable bonds is 4. The van der Waals surface area contributed by atoms with Gasteiger partial charge in [0.1, 0.15) is 13.8 Å². The fraction of sp³-hybridized carbons (Fsp3) is 0.524. The van der Waals surface area contributed by atoms with Gasteiger partial charge in [0.05, 0.1) is 0 Å². The van der Waals surface area contributed by atoms with Gasteiger partial charge in [0.2, 0.25) is 8.32 Å². The summed E-state index contributed by atoms with van der Waals surface area (Å²) in [6, 6.07) is 4.74. The third kappa shape index (κ3) is 4.12. The summed E-state index contributed by atoms with van der Waals surface area (Å²) in [4.78, 5) is 0. The number of hydrogen-bond donors (Lipinski definition) is 0. The molecule has 0 saturated heterocycles. The van der Waals surface area contributed by atoms with Crippen molar-refractivity contribution < 1.29 is 4.43 Å². The van der Waals surface area contributed by atoms with E-state index in [0.717, 1.165) is 6.42 Å². The lowest BCUT2D eigenvalue weighted by molar-refractivity contribution is 0.511. The van der Waals surface area contributed by atoms with Crippen molar-refractivity contribution in [3.05, 3.63) is 46.7 Å². The number of allylic oxidation sites excluding steroid dienone is 4. The quantitative estimate of drug-likeness (QED) is 0.614. The number of benzene rings is 1. The van der Waals surface area contributed by atoms with E-state index in [4.69, 9.17) is 4.43 Å². The van der Waals surface area contributed by atoms with Gasteiger partial charge in [-0.1, -0.05) is 75.0 Å². The van der Waals surface area contributed by atoms with Crippen LogP contribution in [0.2, 0.25) is 32.7 Å². The van der Waals surface area contributed by atoms with E-state index in [1.165, 1.54) is 22.1 Å². The predicted molar refractivity (Wildman–Crippen MR) is 113 cm³/mol. The van der Waals surface area contributed by atoms with Crippen molar-refractivity contribution in [2.75, 3.05) is 0 Å². The van der Waals surface area contributed by atoms with Crippen LogP contribution in [-0.2, 0) is 5.41 Å². The van der Waals surface area contributed by atoms with Crippen molar-refractivity contribution >= 4 is 21.6 Å². The van der Waals surface area contributed by atoms with E-state index in [9.17, 15) is 0 Å². The summed E-state index contributed by atoms with van der Waals surface area (Å²) in [7, 11) is -3.42. The minimum atomic E-state index is -1.74. The predicted octanol–water partition coefficient (Wildman–Crippen LogP) is 5.85. The monoisotopic (exact) mass is 358 g/mol. The summed E-state index contributed by atoms with van der Waals surface area (Å²) < 4.78 is 6.72. The van der Waals surface area contributed by atoms with Crippen molar-refractivity contribution in [3.8, 4) is 5.75 Å². The zero-order chi connectivity index (χ0) is 18.3. The van der Waals surface area contributed by atoms with E-state index in [0.29, 0.717) is 0 Å². The van der Waals surface area contributed by atoms with Crippen LogP contribution in [0.25, 0.3) is 0 Å². The molecule has 1 aromatic carbocycles. The summed E-state index contributed by atoms with van der Waals surface area (Å²) >= 11 is 0. The largest absolute Gasteiger partial charge is 0.544 e. The highest BCUT2D eigenvalue weighted by Crippen LogP contribution is 2.36. The van der Waals surface area contributed by atoms with E-state index >= 15 is 0 Å². The van der Waals surface area contributed by atoms with Crippen LogP contribution in [-0.4, -0.2) is 16.4 Å². The first-order valence-electron chi connectivity index (χ1n) is 9.03. The molecule has 0 unspecified atom stereocenters. The zero-order valence-corrected chi connectivity index (χ0v) is 19.0. The fourth-order valence-corrected chi connectivity index (χ4v) is 7.06. The Morgan fingerprint density at radius 2 is 1.62 bits per heavy atom.